The van der Waals surface area contributed by atoms with Crippen LogP contribution in [0.1, 0.15) is 31.7 Å². The Balaban J connectivity index is 2.12. The summed E-state index contributed by atoms with van der Waals surface area (Å²) in [5, 5.41) is 0. The number of benzene rings is 1. The Morgan fingerprint density at radius 3 is 2.63 bits per heavy atom. The zero-order valence-electron chi connectivity index (χ0n) is 11.4. The highest BCUT2D eigenvalue weighted by Gasteiger charge is 2.42. The summed E-state index contributed by atoms with van der Waals surface area (Å²) in [6.07, 6.45) is 0.302. The second-order valence-electron chi connectivity index (χ2n) is 5.63. The van der Waals surface area contributed by atoms with Crippen LogP contribution in [0.15, 0.2) is 30.3 Å². The minimum absolute atomic E-state index is 0.249. The second-order valence-corrected chi connectivity index (χ2v) is 5.63. The summed E-state index contributed by atoms with van der Waals surface area (Å²) in [4.78, 5) is 2.12. The molecule has 2 nitrogen and oxygen atoms in total. The maximum atomic E-state index is 13.2. The van der Waals surface area contributed by atoms with E-state index >= 15 is 0 Å². The quantitative estimate of drug-likeness (QED) is 0.909. The molecule has 19 heavy (non-hydrogen) atoms. The molecule has 2 N–H and O–H groups in total. The fourth-order valence-electron chi connectivity index (χ4n) is 2.85. The first-order chi connectivity index (χ1) is 9.01. The van der Waals surface area contributed by atoms with Gasteiger partial charge in [0.05, 0.1) is 5.54 Å². The van der Waals surface area contributed by atoms with Gasteiger partial charge in [-0.3, -0.25) is 4.90 Å². The van der Waals surface area contributed by atoms with E-state index in [-0.39, 0.29) is 6.04 Å². The molecule has 1 aliphatic heterocycles. The van der Waals surface area contributed by atoms with Gasteiger partial charge < -0.3 is 5.73 Å². The number of alkyl halides is 2. The number of nitrogens with two attached hydrogens (primary N) is 1. The van der Waals surface area contributed by atoms with Gasteiger partial charge in [0, 0.05) is 12.6 Å². The molecule has 0 spiro atoms. The maximum Gasteiger partial charge on any atom is 0.257 e. The fraction of sp³-hybridized carbons (Fsp3) is 0.600. The molecule has 2 unspecified atom stereocenters. The molecule has 1 aromatic rings. The van der Waals surface area contributed by atoms with Crippen LogP contribution in [0.3, 0.4) is 0 Å². The van der Waals surface area contributed by atoms with Gasteiger partial charge in [0.25, 0.3) is 6.43 Å². The topological polar surface area (TPSA) is 29.3 Å². The van der Waals surface area contributed by atoms with Gasteiger partial charge in [0.15, 0.2) is 0 Å². The lowest BCUT2D eigenvalue weighted by Gasteiger charge is -2.44. The van der Waals surface area contributed by atoms with Crippen molar-refractivity contribution in [1.29, 1.82) is 0 Å². The predicted octanol–water partition coefficient (Wildman–Crippen LogP) is 3.02. The number of hydrogen-bond donors (Lipinski definition) is 1. The third-order valence-electron chi connectivity index (χ3n) is 4.03. The van der Waals surface area contributed by atoms with Crippen LogP contribution < -0.4 is 5.73 Å². The predicted molar refractivity (Wildman–Crippen MR) is 73.1 cm³/mol. The molecule has 1 saturated heterocycles. The van der Waals surface area contributed by atoms with Crippen molar-refractivity contribution in [2.24, 2.45) is 5.73 Å². The van der Waals surface area contributed by atoms with Crippen LogP contribution in [-0.4, -0.2) is 29.5 Å². The van der Waals surface area contributed by atoms with Gasteiger partial charge in [-0.1, -0.05) is 36.8 Å². The Labute approximate surface area is 113 Å². The van der Waals surface area contributed by atoms with Crippen molar-refractivity contribution in [3.63, 3.8) is 0 Å². The number of halogens is 2. The van der Waals surface area contributed by atoms with Gasteiger partial charge in [0.2, 0.25) is 0 Å². The van der Waals surface area contributed by atoms with E-state index in [1.807, 2.05) is 30.3 Å². The first-order valence-corrected chi connectivity index (χ1v) is 6.87. The van der Waals surface area contributed by atoms with Crippen molar-refractivity contribution in [1.82, 2.24) is 4.90 Å². The van der Waals surface area contributed by atoms with Gasteiger partial charge in [-0.25, -0.2) is 8.78 Å². The lowest BCUT2D eigenvalue weighted by molar-refractivity contribution is -0.0163. The van der Waals surface area contributed by atoms with Crippen LogP contribution in [0.25, 0.3) is 0 Å². The zero-order chi connectivity index (χ0) is 13.9. The van der Waals surface area contributed by atoms with E-state index in [1.165, 1.54) is 6.92 Å². The minimum atomic E-state index is -2.49. The molecule has 4 heteroatoms. The molecule has 0 radical (unpaired) electrons. The Bertz CT molecular complexity index is 392. The number of hydrogen-bond acceptors (Lipinski definition) is 2. The van der Waals surface area contributed by atoms with E-state index in [9.17, 15) is 8.78 Å². The first kappa shape index (κ1) is 14.4. The van der Waals surface area contributed by atoms with E-state index in [1.54, 1.807) is 0 Å². The number of piperidine rings is 1. The van der Waals surface area contributed by atoms with Gasteiger partial charge >= 0.3 is 0 Å². The fourth-order valence-corrected chi connectivity index (χ4v) is 2.85. The van der Waals surface area contributed by atoms with Crippen LogP contribution in [0.4, 0.5) is 8.78 Å². The van der Waals surface area contributed by atoms with E-state index in [4.69, 9.17) is 5.73 Å². The van der Waals surface area contributed by atoms with Crippen LogP contribution in [0.2, 0.25) is 0 Å². The van der Waals surface area contributed by atoms with Crippen LogP contribution in [0.5, 0.6) is 0 Å². The zero-order valence-corrected chi connectivity index (χ0v) is 11.4. The summed E-state index contributed by atoms with van der Waals surface area (Å²) in [6, 6.07) is 9.72. The Hall–Kier alpha value is -1.00. The largest absolute Gasteiger partial charge is 0.319 e. The molecule has 1 aliphatic rings. The minimum Gasteiger partial charge on any atom is -0.319 e. The smallest absolute Gasteiger partial charge is 0.257 e. The Morgan fingerprint density at radius 1 is 1.32 bits per heavy atom. The van der Waals surface area contributed by atoms with Gasteiger partial charge in [-0.05, 0) is 31.9 Å². The van der Waals surface area contributed by atoms with Crippen LogP contribution in [-0.2, 0) is 6.54 Å². The summed E-state index contributed by atoms with van der Waals surface area (Å²) in [6.45, 7) is 3.02. The molecule has 1 heterocycles. The Morgan fingerprint density at radius 2 is 2.00 bits per heavy atom. The van der Waals surface area contributed by atoms with Gasteiger partial charge in [-0.15, -0.1) is 0 Å². The third-order valence-corrected chi connectivity index (χ3v) is 4.03. The van der Waals surface area contributed by atoms with Crippen LogP contribution >= 0.6 is 0 Å². The van der Waals surface area contributed by atoms with E-state index in [2.05, 4.69) is 4.90 Å². The average Bonchev–Trinajstić information content (AvgIpc) is 2.40. The van der Waals surface area contributed by atoms with E-state index < -0.39 is 12.0 Å². The molecular formula is C15H22F2N2. The summed E-state index contributed by atoms with van der Waals surface area (Å²) in [5.74, 6) is 0. The molecule has 0 amide bonds. The first-order valence-electron chi connectivity index (χ1n) is 6.87. The van der Waals surface area contributed by atoms with Crippen LogP contribution in [0, 0.1) is 0 Å². The highest BCUT2D eigenvalue weighted by Crippen LogP contribution is 2.30. The number of likely N-dealkylation sites (tertiary alicyclic amines) is 1. The Kier molecular flexibility index (Phi) is 4.53. The monoisotopic (exact) mass is 268 g/mol. The third kappa shape index (κ3) is 3.31. The highest BCUT2D eigenvalue weighted by molar-refractivity contribution is 5.15. The standard InChI is InChI=1S/C15H22F2N2/c1-15(18,14(16)17)13-9-5-6-10-19(13)11-12-7-3-2-4-8-12/h2-4,7-8,13-14H,5-6,9-11,18H2,1H3. The van der Waals surface area contributed by atoms with Gasteiger partial charge in [-0.2, -0.15) is 0 Å². The summed E-state index contributed by atoms with van der Waals surface area (Å²) in [5.41, 5.74) is 5.60. The summed E-state index contributed by atoms with van der Waals surface area (Å²) < 4.78 is 26.3. The number of rotatable bonds is 4. The molecule has 1 aromatic carbocycles. The van der Waals surface area contributed by atoms with E-state index in [0.29, 0.717) is 6.54 Å². The molecule has 2 atom stereocenters. The normalized spacial score (nSPS) is 24.4. The molecule has 1 fully saturated rings. The van der Waals surface area contributed by atoms with Gasteiger partial charge in [0.1, 0.15) is 0 Å². The highest BCUT2D eigenvalue weighted by atomic mass is 19.3. The molecule has 0 saturated carbocycles. The molecule has 0 aliphatic carbocycles. The van der Waals surface area contributed by atoms with Crippen molar-refractivity contribution >= 4 is 0 Å². The number of nitrogens with zero attached hydrogens (tertiary/aromatic N) is 1. The lowest BCUT2D eigenvalue weighted by Crippen LogP contribution is -2.61. The molecular weight excluding hydrogens is 246 g/mol. The molecule has 2 rings (SSSR count). The summed E-state index contributed by atoms with van der Waals surface area (Å²) in [7, 11) is 0. The SMILES string of the molecule is CC(N)(C(F)F)C1CCCCN1Cc1ccccc1. The lowest BCUT2D eigenvalue weighted by atomic mass is 9.85. The van der Waals surface area contributed by atoms with E-state index in [0.717, 1.165) is 31.4 Å². The second kappa shape index (κ2) is 5.97. The van der Waals surface area contributed by atoms with Crippen molar-refractivity contribution in [2.45, 2.75) is 50.7 Å². The summed E-state index contributed by atoms with van der Waals surface area (Å²) >= 11 is 0. The molecule has 106 valence electrons. The van der Waals surface area contributed by atoms with Crippen molar-refractivity contribution in [2.75, 3.05) is 6.54 Å². The molecule has 0 bridgehead atoms. The average molecular weight is 268 g/mol. The van der Waals surface area contributed by atoms with Crippen molar-refractivity contribution < 1.29 is 8.78 Å². The maximum absolute atomic E-state index is 13.2. The van der Waals surface area contributed by atoms with Crippen molar-refractivity contribution in [3.05, 3.63) is 35.9 Å². The van der Waals surface area contributed by atoms with Crippen molar-refractivity contribution in [3.8, 4) is 0 Å². The molecule has 0 aromatic heterocycles.